The molecule has 0 aromatic carbocycles. The van der Waals surface area contributed by atoms with Gasteiger partial charge in [-0.05, 0) is 13.3 Å². The number of rotatable bonds is 6. The van der Waals surface area contributed by atoms with Crippen LogP contribution >= 0.6 is 11.8 Å². The van der Waals surface area contributed by atoms with E-state index in [1.807, 2.05) is 18.7 Å². The lowest BCUT2D eigenvalue weighted by atomic mass is 10.1. The van der Waals surface area contributed by atoms with Gasteiger partial charge in [-0.3, -0.25) is 5.41 Å². The van der Waals surface area contributed by atoms with Crippen LogP contribution in [-0.2, 0) is 0 Å². The number of thioether (sulfide) groups is 1. The lowest BCUT2D eigenvalue weighted by molar-refractivity contribution is 0.333. The average molecular weight is 189 g/mol. The third-order valence-corrected chi connectivity index (χ3v) is 2.38. The van der Waals surface area contributed by atoms with Gasteiger partial charge in [0.1, 0.15) is 0 Å². The number of hydrogen-bond acceptors (Lipinski definition) is 3. The van der Waals surface area contributed by atoms with Gasteiger partial charge >= 0.3 is 0 Å². The molecule has 0 radical (unpaired) electrons. The zero-order valence-electron chi connectivity index (χ0n) is 8.13. The Morgan fingerprint density at radius 1 is 1.67 bits per heavy atom. The molecule has 0 amide bonds. The van der Waals surface area contributed by atoms with Crippen LogP contribution in [0, 0.1) is 11.3 Å². The largest absolute Gasteiger partial charge is 0.387 e. The Morgan fingerprint density at radius 3 is 2.67 bits per heavy atom. The first-order chi connectivity index (χ1) is 5.57. The smallest absolute Gasteiger partial charge is 0.0947 e. The number of amidine groups is 1. The van der Waals surface area contributed by atoms with Crippen molar-refractivity contribution in [3.8, 4) is 0 Å². The number of hydrogen-bond donors (Lipinski definition) is 2. The van der Waals surface area contributed by atoms with Crippen LogP contribution in [0.5, 0.6) is 0 Å². The summed E-state index contributed by atoms with van der Waals surface area (Å²) in [7, 11) is 2.07. The number of nitrogens with one attached hydrogen (secondary N) is 1. The minimum absolute atomic E-state index is 0.178. The lowest BCUT2D eigenvalue weighted by Gasteiger charge is -2.19. The number of nitrogens with zero attached hydrogens (tertiary/aromatic N) is 1. The molecule has 0 saturated heterocycles. The number of nitrogens with two attached hydrogens (primary N) is 1. The van der Waals surface area contributed by atoms with Crippen molar-refractivity contribution >= 4 is 17.6 Å². The summed E-state index contributed by atoms with van der Waals surface area (Å²) in [6.45, 7) is 3.94. The first-order valence-corrected chi connectivity index (χ1v) is 5.48. The van der Waals surface area contributed by atoms with E-state index in [-0.39, 0.29) is 11.8 Å². The molecule has 1 atom stereocenters. The summed E-state index contributed by atoms with van der Waals surface area (Å²) in [5, 5.41) is 7.22. The van der Waals surface area contributed by atoms with E-state index in [9.17, 15) is 0 Å². The third-order valence-electron chi connectivity index (χ3n) is 1.79. The Morgan fingerprint density at radius 2 is 2.25 bits per heavy atom. The summed E-state index contributed by atoms with van der Waals surface area (Å²) in [5.41, 5.74) is 5.36. The van der Waals surface area contributed by atoms with Gasteiger partial charge in [0.25, 0.3) is 0 Å². The van der Waals surface area contributed by atoms with Crippen molar-refractivity contribution in [2.24, 2.45) is 11.7 Å². The highest BCUT2D eigenvalue weighted by molar-refractivity contribution is 7.98. The fourth-order valence-electron chi connectivity index (χ4n) is 0.904. The minimum atomic E-state index is 0.178. The summed E-state index contributed by atoms with van der Waals surface area (Å²) >= 11 is 1.84. The quantitative estimate of drug-likeness (QED) is 0.481. The van der Waals surface area contributed by atoms with E-state index in [0.29, 0.717) is 0 Å². The van der Waals surface area contributed by atoms with Crippen molar-refractivity contribution in [1.82, 2.24) is 4.90 Å². The van der Waals surface area contributed by atoms with E-state index in [4.69, 9.17) is 11.1 Å². The first kappa shape index (κ1) is 11.8. The molecule has 0 fully saturated rings. The second-order valence-corrected chi connectivity index (χ2v) is 4.10. The van der Waals surface area contributed by atoms with Crippen molar-refractivity contribution in [3.05, 3.63) is 0 Å². The van der Waals surface area contributed by atoms with Gasteiger partial charge in [-0.1, -0.05) is 6.92 Å². The van der Waals surface area contributed by atoms with E-state index < -0.39 is 0 Å². The van der Waals surface area contributed by atoms with Crippen molar-refractivity contribution in [3.63, 3.8) is 0 Å². The topological polar surface area (TPSA) is 53.1 Å². The van der Waals surface area contributed by atoms with Gasteiger partial charge < -0.3 is 10.6 Å². The zero-order chi connectivity index (χ0) is 9.56. The van der Waals surface area contributed by atoms with Gasteiger partial charge in [-0.2, -0.15) is 11.8 Å². The highest BCUT2D eigenvalue weighted by atomic mass is 32.2. The fraction of sp³-hybridized carbons (Fsp3) is 0.875. The first-order valence-electron chi connectivity index (χ1n) is 4.09. The predicted octanol–water partition coefficient (Wildman–Crippen LogP) is 0.853. The van der Waals surface area contributed by atoms with Crippen molar-refractivity contribution in [1.29, 1.82) is 5.41 Å². The molecule has 0 spiro atoms. The van der Waals surface area contributed by atoms with Crippen LogP contribution in [0.3, 0.4) is 0 Å². The molecule has 0 aliphatic heterocycles. The van der Waals surface area contributed by atoms with Crippen LogP contribution in [0.15, 0.2) is 0 Å². The Labute approximate surface area is 79.2 Å². The molecule has 1 unspecified atom stereocenters. The molecule has 0 bridgehead atoms. The van der Waals surface area contributed by atoms with Crippen LogP contribution < -0.4 is 5.73 Å². The molecule has 0 aliphatic rings. The summed E-state index contributed by atoms with van der Waals surface area (Å²) in [5.74, 6) is 1.60. The summed E-state index contributed by atoms with van der Waals surface area (Å²) < 4.78 is 0. The molecule has 0 rings (SSSR count). The van der Waals surface area contributed by atoms with Crippen molar-refractivity contribution in [2.75, 3.05) is 32.1 Å². The van der Waals surface area contributed by atoms with Crippen LogP contribution in [0.4, 0.5) is 0 Å². The standard InChI is InChI=1S/C8H19N3S/c1-7(8(9)10)6-11(2)4-5-12-3/h7H,4-6H2,1-3H3,(H3,9,10). The molecule has 4 heteroatoms. The normalized spacial score (nSPS) is 13.3. The van der Waals surface area contributed by atoms with Gasteiger partial charge in [-0.15, -0.1) is 0 Å². The highest BCUT2D eigenvalue weighted by Gasteiger charge is 2.07. The van der Waals surface area contributed by atoms with Crippen LogP contribution in [0.2, 0.25) is 0 Å². The van der Waals surface area contributed by atoms with Gasteiger partial charge in [0.05, 0.1) is 5.84 Å². The monoisotopic (exact) mass is 189 g/mol. The lowest BCUT2D eigenvalue weighted by Crippen LogP contribution is -2.33. The zero-order valence-corrected chi connectivity index (χ0v) is 8.95. The Balaban J connectivity index is 3.53. The SMILES string of the molecule is CSCCN(C)CC(C)C(=N)N. The maximum absolute atomic E-state index is 7.22. The summed E-state index contributed by atoms with van der Waals surface area (Å²) in [4.78, 5) is 2.21. The highest BCUT2D eigenvalue weighted by Crippen LogP contribution is 1.99. The molecule has 3 N–H and O–H groups in total. The third kappa shape index (κ3) is 5.43. The molecule has 0 aromatic heterocycles. The molecule has 72 valence electrons. The maximum Gasteiger partial charge on any atom is 0.0947 e. The van der Waals surface area contributed by atoms with E-state index in [1.165, 1.54) is 0 Å². The molecule has 0 saturated carbocycles. The Kier molecular flexibility index (Phi) is 6.20. The van der Waals surface area contributed by atoms with Crippen LogP contribution in [0.25, 0.3) is 0 Å². The van der Waals surface area contributed by atoms with E-state index in [1.54, 1.807) is 0 Å². The van der Waals surface area contributed by atoms with Gasteiger partial charge in [0.15, 0.2) is 0 Å². The summed E-state index contributed by atoms with van der Waals surface area (Å²) in [6, 6.07) is 0. The molecule has 0 aliphatic carbocycles. The maximum atomic E-state index is 7.22. The predicted molar refractivity (Wildman–Crippen MR) is 57.0 cm³/mol. The Bertz CT molecular complexity index is 138. The van der Waals surface area contributed by atoms with E-state index in [0.717, 1.165) is 18.8 Å². The van der Waals surface area contributed by atoms with Crippen LogP contribution in [0.1, 0.15) is 6.92 Å². The second kappa shape index (κ2) is 6.31. The van der Waals surface area contributed by atoms with E-state index in [2.05, 4.69) is 18.2 Å². The minimum Gasteiger partial charge on any atom is -0.387 e. The second-order valence-electron chi connectivity index (χ2n) is 3.11. The molecular weight excluding hydrogens is 170 g/mol. The van der Waals surface area contributed by atoms with Crippen molar-refractivity contribution in [2.45, 2.75) is 6.92 Å². The summed E-state index contributed by atoms with van der Waals surface area (Å²) in [6.07, 6.45) is 2.10. The van der Waals surface area contributed by atoms with Gasteiger partial charge in [-0.25, -0.2) is 0 Å². The average Bonchev–Trinajstić information content (AvgIpc) is 2.00. The van der Waals surface area contributed by atoms with Crippen LogP contribution in [-0.4, -0.2) is 42.9 Å². The Hall–Kier alpha value is -0.220. The van der Waals surface area contributed by atoms with Gasteiger partial charge in [0.2, 0.25) is 0 Å². The van der Waals surface area contributed by atoms with Crippen molar-refractivity contribution < 1.29 is 0 Å². The van der Waals surface area contributed by atoms with E-state index >= 15 is 0 Å². The molecule has 0 heterocycles. The molecular formula is C8H19N3S. The molecule has 3 nitrogen and oxygen atoms in total. The fourth-order valence-corrected chi connectivity index (χ4v) is 1.40. The molecule has 12 heavy (non-hydrogen) atoms. The van der Waals surface area contributed by atoms with Gasteiger partial charge in [0, 0.05) is 24.8 Å². The molecule has 0 aromatic rings.